The molecule has 2 atom stereocenters. The van der Waals surface area contributed by atoms with Crippen molar-refractivity contribution in [3.63, 3.8) is 0 Å². The molecule has 0 saturated carbocycles. The third-order valence-corrected chi connectivity index (χ3v) is 3.54. The molecule has 108 valence electrons. The highest BCUT2D eigenvalue weighted by molar-refractivity contribution is 7.39. The Morgan fingerprint density at radius 2 is 2.25 bits per heavy atom. The van der Waals surface area contributed by atoms with Crippen LogP contribution in [0.5, 0.6) is 0 Å². The van der Waals surface area contributed by atoms with Crippen LogP contribution >= 0.6 is 8.60 Å². The first-order chi connectivity index (χ1) is 9.65. The summed E-state index contributed by atoms with van der Waals surface area (Å²) in [6.07, 6.45) is 4.13. The van der Waals surface area contributed by atoms with Crippen molar-refractivity contribution < 1.29 is 19.0 Å². The van der Waals surface area contributed by atoms with Crippen LogP contribution in [0.3, 0.4) is 0 Å². The molecule has 0 radical (unpaired) electrons. The standard InChI is InChI=1S/C10H14N5O4P/c11-9-8-10(13-4-12-9)15(5-14-8)7-2-1-6(19-7)3-18-20(16)17/h4-7,16-17H,1-3H2,(H2,11,12,13). The van der Waals surface area contributed by atoms with Gasteiger partial charge in [0.25, 0.3) is 0 Å². The Morgan fingerprint density at radius 3 is 3.05 bits per heavy atom. The van der Waals surface area contributed by atoms with E-state index in [1.165, 1.54) is 6.33 Å². The summed E-state index contributed by atoms with van der Waals surface area (Å²) in [6.45, 7) is 0.152. The van der Waals surface area contributed by atoms with Gasteiger partial charge >= 0.3 is 8.60 Å². The molecule has 2 aromatic rings. The largest absolute Gasteiger partial charge is 0.382 e. The zero-order valence-electron chi connectivity index (χ0n) is 10.5. The summed E-state index contributed by atoms with van der Waals surface area (Å²) in [7, 11) is -2.34. The minimum absolute atomic E-state index is 0.152. The Hall–Kier alpha value is -1.38. The maximum atomic E-state index is 8.73. The molecule has 2 aromatic heterocycles. The molecule has 9 nitrogen and oxygen atoms in total. The van der Waals surface area contributed by atoms with E-state index in [2.05, 4.69) is 15.0 Å². The molecule has 0 bridgehead atoms. The van der Waals surface area contributed by atoms with Crippen molar-refractivity contribution >= 4 is 25.6 Å². The first-order valence-electron chi connectivity index (χ1n) is 6.04. The van der Waals surface area contributed by atoms with Gasteiger partial charge in [-0.2, -0.15) is 0 Å². The predicted molar refractivity (Wildman–Crippen MR) is 70.2 cm³/mol. The van der Waals surface area contributed by atoms with Gasteiger partial charge in [0.2, 0.25) is 0 Å². The van der Waals surface area contributed by atoms with Crippen LogP contribution in [0.2, 0.25) is 0 Å². The van der Waals surface area contributed by atoms with Crippen LogP contribution in [0.4, 0.5) is 5.82 Å². The smallest absolute Gasteiger partial charge is 0.327 e. The van der Waals surface area contributed by atoms with Crippen molar-refractivity contribution in [1.82, 2.24) is 19.5 Å². The van der Waals surface area contributed by atoms with Crippen LogP contribution in [-0.4, -0.2) is 42.0 Å². The average molecular weight is 299 g/mol. The minimum Gasteiger partial charge on any atom is -0.382 e. The first kappa shape index (κ1) is 13.6. The van der Waals surface area contributed by atoms with Gasteiger partial charge in [0.15, 0.2) is 11.5 Å². The van der Waals surface area contributed by atoms with Gasteiger partial charge in [-0.15, -0.1) is 0 Å². The highest BCUT2D eigenvalue weighted by atomic mass is 31.2. The number of nitrogen functional groups attached to an aromatic ring is 1. The molecule has 0 aliphatic carbocycles. The first-order valence-corrected chi connectivity index (χ1v) is 7.21. The number of imidazole rings is 1. The summed E-state index contributed by atoms with van der Waals surface area (Å²) in [6, 6.07) is 0. The molecule has 1 aliphatic rings. The summed E-state index contributed by atoms with van der Waals surface area (Å²) < 4.78 is 12.4. The fraction of sp³-hybridized carbons (Fsp3) is 0.500. The van der Waals surface area contributed by atoms with Gasteiger partial charge in [0.1, 0.15) is 18.1 Å². The van der Waals surface area contributed by atoms with Crippen molar-refractivity contribution in [2.45, 2.75) is 25.2 Å². The second-order valence-corrected chi connectivity index (χ2v) is 5.19. The van der Waals surface area contributed by atoms with Gasteiger partial charge in [-0.1, -0.05) is 0 Å². The van der Waals surface area contributed by atoms with Crippen LogP contribution < -0.4 is 5.73 Å². The molecule has 1 aliphatic heterocycles. The second-order valence-electron chi connectivity index (χ2n) is 4.42. The van der Waals surface area contributed by atoms with Crippen LogP contribution in [0.1, 0.15) is 19.1 Å². The predicted octanol–water partition coefficient (Wildman–Crippen LogP) is 0.314. The third kappa shape index (κ3) is 2.58. The molecular formula is C10H14N5O4P. The van der Waals surface area contributed by atoms with E-state index in [-0.39, 0.29) is 18.9 Å². The summed E-state index contributed by atoms with van der Waals surface area (Å²) in [5.41, 5.74) is 6.90. The lowest BCUT2D eigenvalue weighted by atomic mass is 10.2. The molecule has 1 fully saturated rings. The molecule has 10 heteroatoms. The van der Waals surface area contributed by atoms with Gasteiger partial charge in [-0.3, -0.25) is 4.57 Å². The van der Waals surface area contributed by atoms with Crippen LogP contribution in [0.25, 0.3) is 11.2 Å². The number of nitrogens with zero attached hydrogens (tertiary/aromatic N) is 4. The summed E-state index contributed by atoms with van der Waals surface area (Å²) in [5.74, 6) is 0.331. The van der Waals surface area contributed by atoms with Gasteiger partial charge < -0.3 is 24.8 Å². The van der Waals surface area contributed by atoms with Crippen LogP contribution in [0, 0.1) is 0 Å². The lowest BCUT2D eigenvalue weighted by Crippen LogP contribution is -2.15. The van der Waals surface area contributed by atoms with E-state index < -0.39 is 8.60 Å². The van der Waals surface area contributed by atoms with Gasteiger partial charge in [-0.25, -0.2) is 15.0 Å². The molecule has 0 aromatic carbocycles. The highest BCUT2D eigenvalue weighted by Gasteiger charge is 2.28. The van der Waals surface area contributed by atoms with Crippen molar-refractivity contribution in [3.8, 4) is 0 Å². The van der Waals surface area contributed by atoms with E-state index >= 15 is 0 Å². The lowest BCUT2D eigenvalue weighted by molar-refractivity contribution is -0.0176. The minimum atomic E-state index is -2.34. The molecule has 2 unspecified atom stereocenters. The molecule has 0 amide bonds. The maximum Gasteiger partial charge on any atom is 0.327 e. The van der Waals surface area contributed by atoms with E-state index in [0.717, 1.165) is 12.8 Å². The summed E-state index contributed by atoms with van der Waals surface area (Å²) >= 11 is 0. The molecule has 0 spiro atoms. The molecule has 1 saturated heterocycles. The van der Waals surface area contributed by atoms with E-state index in [1.807, 2.05) is 0 Å². The topological polar surface area (TPSA) is 129 Å². The average Bonchev–Trinajstić information content (AvgIpc) is 3.02. The van der Waals surface area contributed by atoms with Crippen molar-refractivity contribution in [1.29, 1.82) is 0 Å². The quantitative estimate of drug-likeness (QED) is 0.688. The fourth-order valence-corrected chi connectivity index (χ4v) is 2.54. The Labute approximate surface area is 115 Å². The number of hydrogen-bond acceptors (Lipinski definition) is 8. The Balaban J connectivity index is 1.75. The highest BCUT2D eigenvalue weighted by Crippen LogP contribution is 2.33. The van der Waals surface area contributed by atoms with E-state index in [9.17, 15) is 0 Å². The molecular weight excluding hydrogens is 285 g/mol. The van der Waals surface area contributed by atoms with Crippen molar-refractivity contribution in [2.75, 3.05) is 12.3 Å². The number of fused-ring (bicyclic) bond motifs is 1. The van der Waals surface area contributed by atoms with Crippen molar-refractivity contribution in [3.05, 3.63) is 12.7 Å². The summed E-state index contributed by atoms with van der Waals surface area (Å²) in [4.78, 5) is 29.7. The number of rotatable bonds is 4. The molecule has 4 N–H and O–H groups in total. The monoisotopic (exact) mass is 299 g/mol. The Kier molecular flexibility index (Phi) is 3.77. The molecule has 3 rings (SSSR count). The second kappa shape index (κ2) is 5.55. The molecule has 3 heterocycles. The van der Waals surface area contributed by atoms with E-state index in [1.54, 1.807) is 10.9 Å². The zero-order valence-corrected chi connectivity index (χ0v) is 11.3. The zero-order chi connectivity index (χ0) is 14.1. The lowest BCUT2D eigenvalue weighted by Gasteiger charge is -2.15. The SMILES string of the molecule is Nc1ncnc2c1ncn2C1CCC(COP(O)O)O1. The number of hydrogen-bond donors (Lipinski definition) is 3. The number of aromatic nitrogens is 4. The van der Waals surface area contributed by atoms with E-state index in [0.29, 0.717) is 17.0 Å². The summed E-state index contributed by atoms with van der Waals surface area (Å²) in [5, 5.41) is 0. The van der Waals surface area contributed by atoms with Crippen LogP contribution in [-0.2, 0) is 9.26 Å². The van der Waals surface area contributed by atoms with Gasteiger partial charge in [0.05, 0.1) is 19.0 Å². The normalized spacial score (nSPS) is 22.9. The fourth-order valence-electron chi connectivity index (χ4n) is 2.24. The molecule has 20 heavy (non-hydrogen) atoms. The number of nitrogens with two attached hydrogens (primary N) is 1. The third-order valence-electron chi connectivity index (χ3n) is 3.16. The van der Waals surface area contributed by atoms with Gasteiger partial charge in [0, 0.05) is 0 Å². The van der Waals surface area contributed by atoms with Gasteiger partial charge in [-0.05, 0) is 12.8 Å². The van der Waals surface area contributed by atoms with E-state index in [4.69, 9.17) is 24.8 Å². The van der Waals surface area contributed by atoms with Crippen molar-refractivity contribution in [2.24, 2.45) is 0 Å². The maximum absolute atomic E-state index is 8.73. The Morgan fingerprint density at radius 1 is 1.40 bits per heavy atom. The Bertz CT molecular complexity index is 606. The number of ether oxygens (including phenoxy) is 1. The van der Waals surface area contributed by atoms with Crippen LogP contribution in [0.15, 0.2) is 12.7 Å². The number of anilines is 1.